The Morgan fingerprint density at radius 2 is 2.09 bits per heavy atom. The van der Waals surface area contributed by atoms with Gasteiger partial charge in [-0.3, -0.25) is 9.32 Å². The van der Waals surface area contributed by atoms with Gasteiger partial charge in [0.25, 0.3) is 0 Å². The Bertz CT molecular complexity index is 676. The fraction of sp³-hybridized carbons (Fsp3) is 0.438. The van der Waals surface area contributed by atoms with Gasteiger partial charge in [0.1, 0.15) is 6.54 Å². The molecule has 0 spiro atoms. The Morgan fingerprint density at radius 3 is 2.78 bits per heavy atom. The molecule has 1 aromatic heterocycles. The molecule has 0 aliphatic rings. The summed E-state index contributed by atoms with van der Waals surface area (Å²) >= 11 is 0. The molecule has 0 atom stereocenters. The van der Waals surface area contributed by atoms with Crippen molar-refractivity contribution < 1.29 is 14.1 Å². The van der Waals surface area contributed by atoms with E-state index in [-0.39, 0.29) is 18.6 Å². The lowest BCUT2D eigenvalue weighted by atomic mass is 10.2. The monoisotopic (exact) mass is 319 g/mol. The Kier molecular flexibility index (Phi) is 6.10. The molecule has 7 nitrogen and oxygen atoms in total. The van der Waals surface area contributed by atoms with Crippen LogP contribution in [0.2, 0.25) is 0 Å². The molecular weight excluding hydrogens is 298 g/mol. The molecule has 1 aromatic carbocycles. The Balaban J connectivity index is 1.92. The predicted octanol–water partition coefficient (Wildman–Crippen LogP) is 1.43. The van der Waals surface area contributed by atoms with Crippen LogP contribution in [0.25, 0.3) is 11.4 Å². The van der Waals surface area contributed by atoms with Crippen molar-refractivity contribution in [1.82, 2.24) is 15.0 Å². The van der Waals surface area contributed by atoms with Crippen molar-refractivity contribution in [1.29, 1.82) is 0 Å². The number of carbonyl (C=O) groups is 1. The maximum Gasteiger partial charge on any atom is 0.442 e. The highest BCUT2D eigenvalue weighted by Crippen LogP contribution is 2.14. The standard InChI is InChI=1S/C16H21N3O4/c1-12(2)22-10-6-9-17-14(20)11-19-15(18-23-16(19)21)13-7-4-3-5-8-13/h3-5,7-8,12H,6,9-11H2,1-2H3,(H,17,20). The zero-order valence-electron chi connectivity index (χ0n) is 13.3. The number of aromatic nitrogens is 2. The predicted molar refractivity (Wildman–Crippen MR) is 84.9 cm³/mol. The van der Waals surface area contributed by atoms with Gasteiger partial charge in [0, 0.05) is 18.7 Å². The van der Waals surface area contributed by atoms with Crippen molar-refractivity contribution in [2.75, 3.05) is 13.2 Å². The lowest BCUT2D eigenvalue weighted by Crippen LogP contribution is -2.32. The molecule has 0 aliphatic carbocycles. The molecule has 0 bridgehead atoms. The first-order chi connectivity index (χ1) is 11.1. The normalized spacial score (nSPS) is 10.9. The van der Waals surface area contributed by atoms with Crippen LogP contribution in [0.3, 0.4) is 0 Å². The molecule has 23 heavy (non-hydrogen) atoms. The summed E-state index contributed by atoms with van der Waals surface area (Å²) in [5.74, 6) is -0.576. The minimum atomic E-state index is -0.651. The van der Waals surface area contributed by atoms with Gasteiger partial charge in [-0.05, 0) is 20.3 Å². The second-order valence-electron chi connectivity index (χ2n) is 5.35. The smallest absolute Gasteiger partial charge is 0.379 e. The van der Waals surface area contributed by atoms with E-state index in [0.717, 1.165) is 5.56 Å². The van der Waals surface area contributed by atoms with Gasteiger partial charge in [-0.15, -0.1) is 0 Å². The molecule has 7 heteroatoms. The minimum absolute atomic E-state index is 0.127. The van der Waals surface area contributed by atoms with Crippen molar-refractivity contribution >= 4 is 5.91 Å². The van der Waals surface area contributed by atoms with Gasteiger partial charge in [0.05, 0.1) is 6.10 Å². The average Bonchev–Trinajstić information content (AvgIpc) is 2.88. The number of hydrogen-bond acceptors (Lipinski definition) is 5. The molecule has 124 valence electrons. The van der Waals surface area contributed by atoms with E-state index in [4.69, 9.17) is 4.74 Å². The number of amides is 1. The van der Waals surface area contributed by atoms with Gasteiger partial charge >= 0.3 is 5.76 Å². The summed E-state index contributed by atoms with van der Waals surface area (Å²) in [5, 5.41) is 6.50. The van der Waals surface area contributed by atoms with Crippen LogP contribution in [0.15, 0.2) is 39.6 Å². The van der Waals surface area contributed by atoms with Crippen molar-refractivity contribution in [2.24, 2.45) is 0 Å². The van der Waals surface area contributed by atoms with Crippen LogP contribution in [0.4, 0.5) is 0 Å². The molecule has 0 saturated heterocycles. The summed E-state index contributed by atoms with van der Waals surface area (Å²) in [7, 11) is 0. The summed E-state index contributed by atoms with van der Waals surface area (Å²) in [6.07, 6.45) is 0.892. The average molecular weight is 319 g/mol. The van der Waals surface area contributed by atoms with E-state index in [1.165, 1.54) is 4.57 Å². The number of ether oxygens (including phenoxy) is 1. The molecule has 2 aromatic rings. The summed E-state index contributed by atoms with van der Waals surface area (Å²) in [5.41, 5.74) is 0.719. The third kappa shape index (κ3) is 5.07. The van der Waals surface area contributed by atoms with Crippen LogP contribution >= 0.6 is 0 Å². The third-order valence-corrected chi connectivity index (χ3v) is 3.11. The summed E-state index contributed by atoms with van der Waals surface area (Å²) in [6, 6.07) is 9.11. The summed E-state index contributed by atoms with van der Waals surface area (Å²) in [6.45, 7) is 4.87. The van der Waals surface area contributed by atoms with E-state index < -0.39 is 5.76 Å². The van der Waals surface area contributed by atoms with Gasteiger partial charge in [-0.1, -0.05) is 35.5 Å². The Hall–Kier alpha value is -2.41. The van der Waals surface area contributed by atoms with Crippen molar-refractivity contribution in [3.63, 3.8) is 0 Å². The number of benzene rings is 1. The van der Waals surface area contributed by atoms with Crippen LogP contribution in [0, 0.1) is 0 Å². The summed E-state index contributed by atoms with van der Waals surface area (Å²) in [4.78, 5) is 23.7. The van der Waals surface area contributed by atoms with Gasteiger partial charge in [-0.25, -0.2) is 9.36 Å². The first kappa shape index (κ1) is 17.0. The van der Waals surface area contributed by atoms with E-state index in [2.05, 4.69) is 15.0 Å². The Labute approximate surface area is 134 Å². The first-order valence-electron chi connectivity index (χ1n) is 7.58. The molecule has 0 radical (unpaired) electrons. The molecule has 1 amide bonds. The minimum Gasteiger partial charge on any atom is -0.379 e. The van der Waals surface area contributed by atoms with Gasteiger partial charge in [0.15, 0.2) is 5.82 Å². The third-order valence-electron chi connectivity index (χ3n) is 3.11. The fourth-order valence-corrected chi connectivity index (χ4v) is 2.02. The van der Waals surface area contributed by atoms with E-state index in [0.29, 0.717) is 25.4 Å². The van der Waals surface area contributed by atoms with Crippen molar-refractivity contribution in [3.05, 3.63) is 40.9 Å². The number of nitrogens with zero attached hydrogens (tertiary/aromatic N) is 2. The highest BCUT2D eigenvalue weighted by molar-refractivity contribution is 5.76. The fourth-order valence-electron chi connectivity index (χ4n) is 2.02. The zero-order valence-corrected chi connectivity index (χ0v) is 13.3. The van der Waals surface area contributed by atoms with E-state index in [9.17, 15) is 9.59 Å². The highest BCUT2D eigenvalue weighted by Gasteiger charge is 2.15. The molecule has 0 unspecified atom stereocenters. The quantitative estimate of drug-likeness (QED) is 0.744. The zero-order chi connectivity index (χ0) is 16.7. The molecule has 0 saturated carbocycles. The van der Waals surface area contributed by atoms with Crippen LogP contribution in [0.1, 0.15) is 20.3 Å². The lowest BCUT2D eigenvalue weighted by molar-refractivity contribution is -0.121. The molecule has 2 rings (SSSR count). The van der Waals surface area contributed by atoms with Crippen LogP contribution in [0.5, 0.6) is 0 Å². The van der Waals surface area contributed by atoms with Gasteiger partial charge < -0.3 is 10.1 Å². The molecule has 0 aliphatic heterocycles. The molecule has 1 N–H and O–H groups in total. The van der Waals surface area contributed by atoms with Crippen molar-refractivity contribution in [3.8, 4) is 11.4 Å². The largest absolute Gasteiger partial charge is 0.442 e. The maximum atomic E-state index is 12.0. The molecular formula is C16H21N3O4. The SMILES string of the molecule is CC(C)OCCCNC(=O)Cn1c(-c2ccccc2)noc1=O. The van der Waals surface area contributed by atoms with Crippen molar-refractivity contribution in [2.45, 2.75) is 32.9 Å². The summed E-state index contributed by atoms with van der Waals surface area (Å²) < 4.78 is 11.3. The second kappa shape index (κ2) is 8.28. The number of carbonyl (C=O) groups excluding carboxylic acids is 1. The van der Waals surface area contributed by atoms with Crippen LogP contribution in [-0.4, -0.2) is 34.9 Å². The lowest BCUT2D eigenvalue weighted by Gasteiger charge is -2.08. The maximum absolute atomic E-state index is 12.0. The number of rotatable bonds is 8. The second-order valence-corrected chi connectivity index (χ2v) is 5.35. The number of hydrogen-bond donors (Lipinski definition) is 1. The first-order valence-corrected chi connectivity index (χ1v) is 7.58. The Morgan fingerprint density at radius 1 is 1.35 bits per heavy atom. The van der Waals surface area contributed by atoms with Gasteiger partial charge in [0.2, 0.25) is 5.91 Å². The van der Waals surface area contributed by atoms with E-state index in [1.54, 1.807) is 12.1 Å². The van der Waals surface area contributed by atoms with Gasteiger partial charge in [-0.2, -0.15) is 0 Å². The topological polar surface area (TPSA) is 86.4 Å². The molecule has 0 fully saturated rings. The van der Waals surface area contributed by atoms with Crippen LogP contribution in [-0.2, 0) is 16.1 Å². The van der Waals surface area contributed by atoms with E-state index >= 15 is 0 Å². The number of nitrogens with one attached hydrogen (secondary N) is 1. The van der Waals surface area contributed by atoms with Crippen LogP contribution < -0.4 is 11.1 Å². The molecule has 1 heterocycles. The highest BCUT2D eigenvalue weighted by atomic mass is 16.5. The van der Waals surface area contributed by atoms with E-state index in [1.807, 2.05) is 32.0 Å².